The number of carbonyl (C=O) groups is 1. The van der Waals surface area contributed by atoms with Crippen LogP contribution in [0.5, 0.6) is 0 Å². The smallest absolute Gasteiger partial charge is 0.176 e. The zero-order valence-corrected chi connectivity index (χ0v) is 7.76. The Labute approximate surface area is 81.3 Å². The van der Waals surface area contributed by atoms with E-state index in [0.717, 1.165) is 0 Å². The maximum Gasteiger partial charge on any atom is 0.176 e. The Morgan fingerprint density at radius 3 is 2.57 bits per heavy atom. The quantitative estimate of drug-likeness (QED) is 0.379. The van der Waals surface area contributed by atoms with Crippen LogP contribution < -0.4 is 17.2 Å². The number of aliphatic hydroxyl groups excluding tert-OH is 1. The van der Waals surface area contributed by atoms with Crippen LogP contribution in [0, 0.1) is 0 Å². The molecule has 0 aliphatic carbocycles. The standard InChI is InChI=1S/C7H15N5O2/c8-3-4(14)6-7(9,10)5(1-2-13)11-12-6/h5-6,13H,1-3,8-10H2. The van der Waals surface area contributed by atoms with Gasteiger partial charge >= 0.3 is 0 Å². The molecule has 7 heteroatoms. The number of hydrogen-bond acceptors (Lipinski definition) is 7. The molecule has 0 saturated heterocycles. The highest BCUT2D eigenvalue weighted by atomic mass is 16.3. The van der Waals surface area contributed by atoms with Crippen LogP contribution in [0.3, 0.4) is 0 Å². The van der Waals surface area contributed by atoms with E-state index in [1.807, 2.05) is 0 Å². The van der Waals surface area contributed by atoms with Crippen molar-refractivity contribution in [1.29, 1.82) is 0 Å². The molecule has 1 heterocycles. The third kappa shape index (κ3) is 1.80. The minimum Gasteiger partial charge on any atom is -0.396 e. The van der Waals surface area contributed by atoms with Gasteiger partial charge in [-0.15, -0.1) is 0 Å². The number of carbonyl (C=O) groups excluding carboxylic acids is 1. The molecule has 7 nitrogen and oxygen atoms in total. The van der Waals surface area contributed by atoms with Crippen molar-refractivity contribution in [2.24, 2.45) is 27.4 Å². The number of nitrogens with two attached hydrogens (primary N) is 3. The van der Waals surface area contributed by atoms with Crippen molar-refractivity contribution in [3.8, 4) is 0 Å². The van der Waals surface area contributed by atoms with E-state index in [0.29, 0.717) is 6.42 Å². The largest absolute Gasteiger partial charge is 0.396 e. The van der Waals surface area contributed by atoms with Crippen molar-refractivity contribution >= 4 is 5.78 Å². The Kier molecular flexibility index (Phi) is 3.27. The molecule has 0 fully saturated rings. The first-order valence-corrected chi connectivity index (χ1v) is 4.35. The van der Waals surface area contributed by atoms with Gasteiger partial charge in [0, 0.05) is 6.61 Å². The summed E-state index contributed by atoms with van der Waals surface area (Å²) in [5, 5.41) is 16.2. The molecule has 1 aliphatic rings. The third-order valence-corrected chi connectivity index (χ3v) is 2.28. The zero-order chi connectivity index (χ0) is 10.8. The summed E-state index contributed by atoms with van der Waals surface area (Å²) in [6, 6.07) is -1.41. The highest BCUT2D eigenvalue weighted by Crippen LogP contribution is 2.24. The molecular formula is C7H15N5O2. The minimum absolute atomic E-state index is 0.0939. The van der Waals surface area contributed by atoms with E-state index < -0.39 is 17.7 Å². The van der Waals surface area contributed by atoms with E-state index in [-0.39, 0.29) is 18.9 Å². The van der Waals surface area contributed by atoms with Crippen LogP contribution in [-0.4, -0.2) is 41.8 Å². The van der Waals surface area contributed by atoms with Crippen molar-refractivity contribution in [3.05, 3.63) is 0 Å². The monoisotopic (exact) mass is 201 g/mol. The van der Waals surface area contributed by atoms with Crippen LogP contribution in [0.2, 0.25) is 0 Å². The molecule has 80 valence electrons. The van der Waals surface area contributed by atoms with Crippen LogP contribution in [0.25, 0.3) is 0 Å². The number of hydrogen-bond donors (Lipinski definition) is 4. The number of Topliss-reactive ketones (excluding diaryl/α,β-unsaturated/α-hetero) is 1. The summed E-state index contributed by atoms with van der Waals surface area (Å²) in [7, 11) is 0. The normalized spacial score (nSPS) is 29.4. The lowest BCUT2D eigenvalue weighted by molar-refractivity contribution is -0.120. The van der Waals surface area contributed by atoms with E-state index in [2.05, 4.69) is 10.2 Å². The number of rotatable bonds is 4. The highest BCUT2D eigenvalue weighted by Gasteiger charge is 2.46. The van der Waals surface area contributed by atoms with Gasteiger partial charge in [-0.05, 0) is 6.42 Å². The average molecular weight is 201 g/mol. The molecule has 2 unspecified atom stereocenters. The predicted octanol–water partition coefficient (Wildman–Crippen LogP) is -2.29. The van der Waals surface area contributed by atoms with Gasteiger partial charge in [0.15, 0.2) is 11.8 Å². The Morgan fingerprint density at radius 2 is 2.07 bits per heavy atom. The van der Waals surface area contributed by atoms with Gasteiger partial charge in [-0.25, -0.2) is 0 Å². The van der Waals surface area contributed by atoms with Gasteiger partial charge in [0.1, 0.15) is 11.7 Å². The minimum atomic E-state index is -1.32. The Balaban J connectivity index is 2.75. The molecule has 0 aromatic heterocycles. The van der Waals surface area contributed by atoms with Crippen molar-refractivity contribution in [1.82, 2.24) is 0 Å². The Hall–Kier alpha value is -0.890. The SMILES string of the molecule is NCC(=O)C1N=NC(CCO)C1(N)N. The van der Waals surface area contributed by atoms with Gasteiger partial charge in [-0.1, -0.05) is 0 Å². The molecule has 0 amide bonds. The molecule has 1 aliphatic heterocycles. The highest BCUT2D eigenvalue weighted by molar-refractivity contribution is 5.87. The van der Waals surface area contributed by atoms with Crippen LogP contribution in [0.15, 0.2) is 10.2 Å². The third-order valence-electron chi connectivity index (χ3n) is 2.28. The van der Waals surface area contributed by atoms with E-state index in [1.54, 1.807) is 0 Å². The zero-order valence-electron chi connectivity index (χ0n) is 7.76. The molecule has 0 aromatic rings. The van der Waals surface area contributed by atoms with Crippen molar-refractivity contribution in [2.45, 2.75) is 24.2 Å². The molecule has 0 aromatic carbocycles. The van der Waals surface area contributed by atoms with Crippen molar-refractivity contribution < 1.29 is 9.90 Å². The predicted molar refractivity (Wildman–Crippen MR) is 49.3 cm³/mol. The molecule has 0 spiro atoms. The molecule has 0 radical (unpaired) electrons. The number of nitrogens with zero attached hydrogens (tertiary/aromatic N) is 2. The van der Waals surface area contributed by atoms with Crippen LogP contribution >= 0.6 is 0 Å². The van der Waals surface area contributed by atoms with Crippen LogP contribution in [0.1, 0.15) is 6.42 Å². The summed E-state index contributed by atoms with van der Waals surface area (Å²) < 4.78 is 0. The molecule has 1 rings (SSSR count). The summed E-state index contributed by atoms with van der Waals surface area (Å²) in [5.41, 5.74) is 15.3. The second kappa shape index (κ2) is 4.09. The second-order valence-electron chi connectivity index (χ2n) is 3.33. The molecular weight excluding hydrogens is 186 g/mol. The average Bonchev–Trinajstić information content (AvgIpc) is 2.42. The van der Waals surface area contributed by atoms with Crippen LogP contribution in [-0.2, 0) is 4.79 Å². The van der Waals surface area contributed by atoms with Crippen molar-refractivity contribution in [2.75, 3.05) is 13.2 Å². The van der Waals surface area contributed by atoms with Gasteiger partial charge in [-0.3, -0.25) is 4.79 Å². The summed E-state index contributed by atoms with van der Waals surface area (Å²) in [4.78, 5) is 11.3. The Morgan fingerprint density at radius 1 is 1.43 bits per heavy atom. The first kappa shape index (κ1) is 11.2. The fourth-order valence-electron chi connectivity index (χ4n) is 1.41. The van der Waals surface area contributed by atoms with Gasteiger partial charge in [0.2, 0.25) is 0 Å². The summed E-state index contributed by atoms with van der Waals surface area (Å²) in [6.07, 6.45) is 0.296. The van der Waals surface area contributed by atoms with E-state index >= 15 is 0 Å². The van der Waals surface area contributed by atoms with Gasteiger partial charge in [-0.2, -0.15) is 10.2 Å². The maximum absolute atomic E-state index is 11.3. The first-order valence-electron chi connectivity index (χ1n) is 4.35. The lowest BCUT2D eigenvalue weighted by atomic mass is 9.91. The van der Waals surface area contributed by atoms with E-state index in [9.17, 15) is 4.79 Å². The van der Waals surface area contributed by atoms with Gasteiger partial charge in [0.25, 0.3) is 0 Å². The summed E-state index contributed by atoms with van der Waals surface area (Å²) in [6.45, 7) is -0.255. The fraction of sp³-hybridized carbons (Fsp3) is 0.857. The fourth-order valence-corrected chi connectivity index (χ4v) is 1.41. The summed E-state index contributed by atoms with van der Waals surface area (Å²) in [5.74, 6) is -0.334. The van der Waals surface area contributed by atoms with E-state index in [1.165, 1.54) is 0 Å². The van der Waals surface area contributed by atoms with E-state index in [4.69, 9.17) is 22.3 Å². The number of aliphatic hydroxyl groups is 1. The molecule has 0 bridgehead atoms. The molecule has 14 heavy (non-hydrogen) atoms. The van der Waals surface area contributed by atoms with Gasteiger partial charge < -0.3 is 22.3 Å². The molecule has 2 atom stereocenters. The number of ketones is 1. The second-order valence-corrected chi connectivity index (χ2v) is 3.33. The lowest BCUT2D eigenvalue weighted by Gasteiger charge is -2.27. The first-order chi connectivity index (χ1) is 6.54. The van der Waals surface area contributed by atoms with Crippen LogP contribution in [0.4, 0.5) is 0 Å². The van der Waals surface area contributed by atoms with Gasteiger partial charge in [0.05, 0.1) is 6.54 Å². The topological polar surface area (TPSA) is 140 Å². The molecule has 7 N–H and O–H groups in total. The van der Waals surface area contributed by atoms with Crippen molar-refractivity contribution in [3.63, 3.8) is 0 Å². The number of azo groups is 1. The summed E-state index contributed by atoms with van der Waals surface area (Å²) >= 11 is 0. The maximum atomic E-state index is 11.3. The Bertz CT molecular complexity index is 252. The molecule has 0 saturated carbocycles. The lowest BCUT2D eigenvalue weighted by Crippen LogP contribution is -2.65.